The minimum atomic E-state index is -0.465. The fourth-order valence-corrected chi connectivity index (χ4v) is 3.05. The maximum atomic E-state index is 12.9. The second-order valence-electron chi connectivity index (χ2n) is 7.78. The molecule has 0 heterocycles. The van der Waals surface area contributed by atoms with Gasteiger partial charge in [0.25, 0.3) is 5.91 Å². The molecule has 30 heavy (non-hydrogen) atoms. The lowest BCUT2D eigenvalue weighted by Gasteiger charge is -2.20. The van der Waals surface area contributed by atoms with E-state index >= 15 is 0 Å². The minimum Gasteiger partial charge on any atom is -0.347 e. The number of rotatable bonds is 7. The summed E-state index contributed by atoms with van der Waals surface area (Å²) >= 11 is 1.19. The first-order valence-corrected chi connectivity index (χ1v) is 10.5. The summed E-state index contributed by atoms with van der Waals surface area (Å²) in [5, 5.41) is 7.83. The monoisotopic (exact) mass is 431 g/mol. The molecule has 1 atom stereocenters. The molecule has 0 aliphatic carbocycles. The summed E-state index contributed by atoms with van der Waals surface area (Å²) < 4.78 is 12.9. The molecule has 6 nitrogen and oxygen atoms in total. The van der Waals surface area contributed by atoms with Crippen molar-refractivity contribution in [1.29, 1.82) is 0 Å². The highest BCUT2D eigenvalue weighted by Gasteiger charge is 2.17. The van der Waals surface area contributed by atoms with Gasteiger partial charge in [0.15, 0.2) is 0 Å². The second kappa shape index (κ2) is 10.2. The van der Waals surface area contributed by atoms with Crippen molar-refractivity contribution in [3.63, 3.8) is 0 Å². The Balaban J connectivity index is 1.81. The number of amides is 3. The number of benzene rings is 2. The molecule has 0 fully saturated rings. The van der Waals surface area contributed by atoms with Crippen molar-refractivity contribution < 1.29 is 18.8 Å². The number of carbonyl (C=O) groups is 3. The molecular formula is C22H26FN3O3S. The van der Waals surface area contributed by atoms with Crippen molar-refractivity contribution in [2.24, 2.45) is 0 Å². The largest absolute Gasteiger partial charge is 0.347 e. The average Bonchev–Trinajstić information content (AvgIpc) is 2.67. The number of thioether (sulfide) groups is 1. The van der Waals surface area contributed by atoms with Crippen LogP contribution in [0.5, 0.6) is 0 Å². The predicted octanol–water partition coefficient (Wildman–Crippen LogP) is 4.05. The lowest BCUT2D eigenvalue weighted by molar-refractivity contribution is -0.115. The number of hydrogen-bond acceptors (Lipinski definition) is 4. The highest BCUT2D eigenvalue weighted by atomic mass is 32.2. The summed E-state index contributed by atoms with van der Waals surface area (Å²) in [5.41, 5.74) is 1.23. The second-order valence-corrected chi connectivity index (χ2v) is 9.11. The molecule has 8 heteroatoms. The summed E-state index contributed by atoms with van der Waals surface area (Å²) in [5.74, 6) is -1.01. The van der Waals surface area contributed by atoms with Gasteiger partial charge in [0.05, 0.1) is 11.0 Å². The Kier molecular flexibility index (Phi) is 8.00. The van der Waals surface area contributed by atoms with Crippen LogP contribution in [0.1, 0.15) is 38.1 Å². The van der Waals surface area contributed by atoms with E-state index in [1.165, 1.54) is 36.0 Å². The predicted molar refractivity (Wildman–Crippen MR) is 119 cm³/mol. The zero-order chi connectivity index (χ0) is 22.3. The maximum absolute atomic E-state index is 12.9. The smallest absolute Gasteiger partial charge is 0.251 e. The van der Waals surface area contributed by atoms with Gasteiger partial charge in [-0.1, -0.05) is 0 Å². The van der Waals surface area contributed by atoms with Crippen LogP contribution in [0.3, 0.4) is 0 Å². The highest BCUT2D eigenvalue weighted by Crippen LogP contribution is 2.16. The van der Waals surface area contributed by atoms with E-state index < -0.39 is 5.25 Å². The Morgan fingerprint density at radius 1 is 0.933 bits per heavy atom. The van der Waals surface area contributed by atoms with Crippen LogP contribution in [0.4, 0.5) is 15.8 Å². The summed E-state index contributed by atoms with van der Waals surface area (Å²) in [6, 6.07) is 12.1. The number of hydrogen-bond donors (Lipinski definition) is 3. The molecule has 3 N–H and O–H groups in total. The molecule has 0 spiro atoms. The normalized spacial score (nSPS) is 12.0. The van der Waals surface area contributed by atoms with Crippen molar-refractivity contribution >= 4 is 40.9 Å². The van der Waals surface area contributed by atoms with Crippen LogP contribution in [-0.2, 0) is 9.59 Å². The van der Waals surface area contributed by atoms with Crippen LogP contribution < -0.4 is 16.0 Å². The molecule has 0 aliphatic rings. The molecule has 0 saturated heterocycles. The van der Waals surface area contributed by atoms with Gasteiger partial charge in [-0.25, -0.2) is 4.39 Å². The van der Waals surface area contributed by atoms with Gasteiger partial charge in [0.2, 0.25) is 11.8 Å². The van der Waals surface area contributed by atoms with E-state index in [9.17, 15) is 18.8 Å². The molecule has 160 valence electrons. The van der Waals surface area contributed by atoms with Crippen molar-refractivity contribution in [3.05, 3.63) is 59.9 Å². The third-order valence-electron chi connectivity index (χ3n) is 3.86. The van der Waals surface area contributed by atoms with Gasteiger partial charge >= 0.3 is 0 Å². The van der Waals surface area contributed by atoms with Crippen molar-refractivity contribution in [3.8, 4) is 0 Å². The molecule has 0 saturated carbocycles. The fraction of sp³-hybridized carbons (Fsp3) is 0.318. The molecule has 0 bridgehead atoms. The first-order chi connectivity index (χ1) is 14.0. The van der Waals surface area contributed by atoms with Gasteiger partial charge in [0, 0.05) is 22.5 Å². The number of carbonyl (C=O) groups excluding carboxylic acids is 3. The molecule has 2 aromatic rings. The van der Waals surface area contributed by atoms with Crippen LogP contribution in [0.25, 0.3) is 0 Å². The van der Waals surface area contributed by atoms with E-state index in [-0.39, 0.29) is 34.8 Å². The van der Waals surface area contributed by atoms with E-state index in [1.807, 2.05) is 20.8 Å². The standard InChI is InChI=1S/C22H26FN3O3S/c1-14(30-13-19(27)24-17-11-7-16(23)8-12-17)20(28)25-18-9-5-15(6-10-18)21(29)26-22(2,3)4/h5-12,14H,13H2,1-4H3,(H,24,27)(H,25,28)(H,26,29). The van der Waals surface area contributed by atoms with Crippen molar-refractivity contribution in [2.75, 3.05) is 16.4 Å². The zero-order valence-corrected chi connectivity index (χ0v) is 18.2. The van der Waals surface area contributed by atoms with E-state index in [4.69, 9.17) is 0 Å². The van der Waals surface area contributed by atoms with Gasteiger partial charge < -0.3 is 16.0 Å². The minimum absolute atomic E-state index is 0.0812. The Morgan fingerprint density at radius 3 is 2.03 bits per heavy atom. The van der Waals surface area contributed by atoms with E-state index in [0.29, 0.717) is 16.9 Å². The van der Waals surface area contributed by atoms with Crippen LogP contribution in [0.2, 0.25) is 0 Å². The van der Waals surface area contributed by atoms with E-state index in [2.05, 4.69) is 16.0 Å². The summed E-state index contributed by atoms with van der Waals surface area (Å²) in [4.78, 5) is 36.5. The molecular weight excluding hydrogens is 405 g/mol. The van der Waals surface area contributed by atoms with Crippen molar-refractivity contribution in [2.45, 2.75) is 38.5 Å². The average molecular weight is 432 g/mol. The lowest BCUT2D eigenvalue weighted by atomic mass is 10.1. The SMILES string of the molecule is CC(SCC(=O)Nc1ccc(F)cc1)C(=O)Nc1ccc(C(=O)NC(C)(C)C)cc1. The van der Waals surface area contributed by atoms with Crippen LogP contribution in [0, 0.1) is 5.82 Å². The number of halogens is 1. The number of anilines is 2. The van der Waals surface area contributed by atoms with Gasteiger partial charge in [-0.2, -0.15) is 0 Å². The summed E-state index contributed by atoms with van der Waals surface area (Å²) in [7, 11) is 0. The fourth-order valence-electron chi connectivity index (χ4n) is 2.37. The Hall–Kier alpha value is -2.87. The quantitative estimate of drug-likeness (QED) is 0.617. The maximum Gasteiger partial charge on any atom is 0.251 e. The van der Waals surface area contributed by atoms with Crippen LogP contribution >= 0.6 is 11.8 Å². The Bertz CT molecular complexity index is 893. The Morgan fingerprint density at radius 2 is 1.47 bits per heavy atom. The third-order valence-corrected chi connectivity index (χ3v) is 5.01. The van der Waals surface area contributed by atoms with Crippen molar-refractivity contribution in [1.82, 2.24) is 5.32 Å². The molecule has 2 rings (SSSR count). The third kappa shape index (κ3) is 7.87. The van der Waals surface area contributed by atoms with E-state index in [1.54, 1.807) is 31.2 Å². The Labute approximate surface area is 180 Å². The first kappa shape index (κ1) is 23.4. The lowest BCUT2D eigenvalue weighted by Crippen LogP contribution is -2.40. The first-order valence-electron chi connectivity index (χ1n) is 9.44. The summed E-state index contributed by atoms with van der Waals surface area (Å²) in [6.07, 6.45) is 0. The molecule has 2 aromatic carbocycles. The topological polar surface area (TPSA) is 87.3 Å². The summed E-state index contributed by atoms with van der Waals surface area (Å²) in [6.45, 7) is 7.41. The molecule has 3 amide bonds. The van der Waals surface area contributed by atoms with Gasteiger partial charge in [-0.3, -0.25) is 14.4 Å². The highest BCUT2D eigenvalue weighted by molar-refractivity contribution is 8.01. The molecule has 1 unspecified atom stereocenters. The van der Waals surface area contributed by atoms with Gasteiger partial charge in [-0.05, 0) is 76.2 Å². The van der Waals surface area contributed by atoms with Crippen LogP contribution in [-0.4, -0.2) is 34.3 Å². The zero-order valence-electron chi connectivity index (χ0n) is 17.4. The number of nitrogens with one attached hydrogen (secondary N) is 3. The van der Waals surface area contributed by atoms with Crippen LogP contribution in [0.15, 0.2) is 48.5 Å². The van der Waals surface area contributed by atoms with Gasteiger partial charge in [0.1, 0.15) is 5.82 Å². The van der Waals surface area contributed by atoms with Gasteiger partial charge in [-0.15, -0.1) is 11.8 Å². The molecule has 0 aliphatic heterocycles. The molecule has 0 aromatic heterocycles. The van der Waals surface area contributed by atoms with E-state index in [0.717, 1.165) is 0 Å². The molecule has 0 radical (unpaired) electrons.